The van der Waals surface area contributed by atoms with E-state index in [1.165, 1.54) is 28.4 Å². The van der Waals surface area contributed by atoms with Crippen LogP contribution in [-0.2, 0) is 0 Å². The van der Waals surface area contributed by atoms with Gasteiger partial charge in [-0.15, -0.1) is 11.3 Å². The second-order valence-corrected chi connectivity index (χ2v) is 7.43. The largest absolute Gasteiger partial charge is 0.477 e. The summed E-state index contributed by atoms with van der Waals surface area (Å²) in [6, 6.07) is 2.81. The van der Waals surface area contributed by atoms with E-state index in [4.69, 9.17) is 4.52 Å². The molecule has 0 bridgehead atoms. The van der Waals surface area contributed by atoms with Crippen LogP contribution in [0, 0.1) is 5.82 Å². The zero-order chi connectivity index (χ0) is 20.1. The fourth-order valence-corrected chi connectivity index (χ4v) is 3.96. The number of carboxylic acid groups (broad SMARTS) is 1. The molecule has 1 N–H and O–H groups in total. The van der Waals surface area contributed by atoms with Gasteiger partial charge in [0.25, 0.3) is 0 Å². The maximum Gasteiger partial charge on any atom is 0.341 e. The van der Waals surface area contributed by atoms with Crippen molar-refractivity contribution in [2.45, 2.75) is 5.92 Å². The average Bonchev–Trinajstić information content (AvgIpc) is 3.35. The zero-order valence-corrected chi connectivity index (χ0v) is 15.5. The number of nitrogens with zero attached hydrogens (tertiary/aromatic N) is 5. The average molecular weight is 413 g/mol. The molecule has 11 heteroatoms. The van der Waals surface area contributed by atoms with Crippen molar-refractivity contribution in [1.29, 1.82) is 0 Å². The summed E-state index contributed by atoms with van der Waals surface area (Å²) < 4.78 is 21.1. The Morgan fingerprint density at radius 1 is 1.38 bits per heavy atom. The molecule has 0 spiro atoms. The van der Waals surface area contributed by atoms with Crippen LogP contribution >= 0.6 is 11.3 Å². The molecule has 1 fully saturated rings. The van der Waals surface area contributed by atoms with Crippen molar-refractivity contribution in [1.82, 2.24) is 19.7 Å². The molecule has 9 nitrogen and oxygen atoms in total. The quantitative estimate of drug-likeness (QED) is 0.542. The maximum atomic E-state index is 14.8. The van der Waals surface area contributed by atoms with Gasteiger partial charge in [-0.2, -0.15) is 0 Å². The molecular formula is C18H12FN5O4S. The first kappa shape index (κ1) is 17.5. The minimum Gasteiger partial charge on any atom is -0.477 e. The van der Waals surface area contributed by atoms with E-state index >= 15 is 0 Å². The lowest BCUT2D eigenvalue weighted by molar-refractivity contribution is 0.0695. The van der Waals surface area contributed by atoms with Crippen molar-refractivity contribution >= 4 is 34.2 Å². The smallest absolute Gasteiger partial charge is 0.341 e. The number of pyridine rings is 2. The summed E-state index contributed by atoms with van der Waals surface area (Å²) in [4.78, 5) is 34.3. The van der Waals surface area contributed by atoms with Crippen LogP contribution in [0.4, 0.5) is 10.2 Å². The first-order valence-corrected chi connectivity index (χ1v) is 9.45. The van der Waals surface area contributed by atoms with Crippen LogP contribution in [-0.4, -0.2) is 43.9 Å². The van der Waals surface area contributed by atoms with Gasteiger partial charge in [0.15, 0.2) is 22.4 Å². The number of thiazole rings is 1. The van der Waals surface area contributed by atoms with Crippen LogP contribution in [0.3, 0.4) is 0 Å². The lowest BCUT2D eigenvalue weighted by Crippen LogP contribution is -2.46. The summed E-state index contributed by atoms with van der Waals surface area (Å²) in [7, 11) is 0. The molecule has 0 amide bonds. The number of fused-ring (bicyclic) bond motifs is 1. The molecule has 1 aliphatic heterocycles. The Hall–Kier alpha value is -3.60. The number of anilines is 1. The van der Waals surface area contributed by atoms with E-state index in [0.29, 0.717) is 18.2 Å². The van der Waals surface area contributed by atoms with Crippen LogP contribution in [0.1, 0.15) is 22.0 Å². The molecule has 0 aliphatic carbocycles. The molecule has 0 aromatic carbocycles. The number of carboxylic acids is 1. The fourth-order valence-electron chi connectivity index (χ4n) is 3.34. The number of carbonyl (C=O) groups is 1. The topological polar surface area (TPSA) is 114 Å². The molecule has 0 saturated carbocycles. The Morgan fingerprint density at radius 2 is 2.21 bits per heavy atom. The lowest BCUT2D eigenvalue weighted by Gasteiger charge is -2.39. The van der Waals surface area contributed by atoms with Gasteiger partial charge in [0.05, 0.1) is 11.1 Å². The number of rotatable bonds is 4. The van der Waals surface area contributed by atoms with Gasteiger partial charge in [-0.3, -0.25) is 9.36 Å². The molecule has 4 aromatic rings. The van der Waals surface area contributed by atoms with Gasteiger partial charge in [-0.1, -0.05) is 5.16 Å². The molecule has 5 heterocycles. The van der Waals surface area contributed by atoms with E-state index in [9.17, 15) is 19.1 Å². The minimum absolute atomic E-state index is 0.0880. The molecule has 5 rings (SSSR count). The first-order valence-electron chi connectivity index (χ1n) is 8.57. The summed E-state index contributed by atoms with van der Waals surface area (Å²) in [5.41, 5.74) is -0.330. The van der Waals surface area contributed by atoms with E-state index in [1.54, 1.807) is 22.5 Å². The molecule has 1 saturated heterocycles. The van der Waals surface area contributed by atoms with E-state index < -0.39 is 22.8 Å². The van der Waals surface area contributed by atoms with Crippen LogP contribution in [0.5, 0.6) is 0 Å². The highest BCUT2D eigenvalue weighted by atomic mass is 32.1. The summed E-state index contributed by atoms with van der Waals surface area (Å²) in [6.07, 6.45) is 4.21. The monoisotopic (exact) mass is 413 g/mol. The summed E-state index contributed by atoms with van der Waals surface area (Å²) >= 11 is 1.24. The highest BCUT2D eigenvalue weighted by Gasteiger charge is 2.33. The number of aromatic nitrogens is 4. The van der Waals surface area contributed by atoms with Gasteiger partial charge in [0.1, 0.15) is 11.8 Å². The van der Waals surface area contributed by atoms with Gasteiger partial charge < -0.3 is 14.5 Å². The number of hydrogen-bond donors (Lipinski definition) is 1. The Labute approximate surface area is 165 Å². The van der Waals surface area contributed by atoms with E-state index in [2.05, 4.69) is 15.1 Å². The van der Waals surface area contributed by atoms with Gasteiger partial charge in [0.2, 0.25) is 5.43 Å². The van der Waals surface area contributed by atoms with Crippen LogP contribution in [0.2, 0.25) is 0 Å². The third-order valence-corrected chi connectivity index (χ3v) is 5.60. The number of halogens is 1. The Bertz CT molecular complexity index is 1280. The highest BCUT2D eigenvalue weighted by molar-refractivity contribution is 7.12. The van der Waals surface area contributed by atoms with Crippen molar-refractivity contribution in [3.05, 3.63) is 63.5 Å². The van der Waals surface area contributed by atoms with Crippen LogP contribution in [0.25, 0.3) is 16.2 Å². The molecular weight excluding hydrogens is 401 g/mol. The van der Waals surface area contributed by atoms with Crippen molar-refractivity contribution in [2.24, 2.45) is 0 Å². The fraction of sp³-hybridized carbons (Fsp3) is 0.167. The third-order valence-electron chi connectivity index (χ3n) is 4.83. The second-order valence-electron chi connectivity index (χ2n) is 6.55. The first-order chi connectivity index (χ1) is 14.0. The van der Waals surface area contributed by atoms with Crippen LogP contribution in [0.15, 0.2) is 45.5 Å². The Morgan fingerprint density at radius 3 is 2.86 bits per heavy atom. The summed E-state index contributed by atoms with van der Waals surface area (Å²) in [5, 5.41) is 15.3. The van der Waals surface area contributed by atoms with Crippen molar-refractivity contribution < 1.29 is 18.8 Å². The van der Waals surface area contributed by atoms with E-state index in [1.807, 2.05) is 0 Å². The van der Waals surface area contributed by atoms with Crippen LogP contribution < -0.4 is 10.3 Å². The van der Waals surface area contributed by atoms with Crippen molar-refractivity contribution in [3.8, 4) is 5.13 Å². The molecule has 0 unspecified atom stereocenters. The van der Waals surface area contributed by atoms with Gasteiger partial charge in [-0.25, -0.2) is 19.2 Å². The molecule has 146 valence electrons. The minimum atomic E-state index is -1.40. The molecule has 4 aromatic heterocycles. The second kappa shape index (κ2) is 6.48. The van der Waals surface area contributed by atoms with E-state index in [0.717, 1.165) is 11.8 Å². The number of hydrogen-bond acceptors (Lipinski definition) is 8. The molecule has 0 atom stereocenters. The molecule has 1 aliphatic rings. The predicted octanol–water partition coefficient (Wildman–Crippen LogP) is 2.27. The van der Waals surface area contributed by atoms with Gasteiger partial charge >= 0.3 is 5.97 Å². The maximum absolute atomic E-state index is 14.8. The normalized spacial score (nSPS) is 14.3. The SMILES string of the molecule is O=C(O)c1cn(-c2nccs2)c2nc(N3CC(c4ccon4)C3)c(F)cc2c1=O. The molecule has 29 heavy (non-hydrogen) atoms. The Kier molecular flexibility index (Phi) is 3.91. The summed E-state index contributed by atoms with van der Waals surface area (Å²) in [5.74, 6) is -1.91. The van der Waals surface area contributed by atoms with Gasteiger partial charge in [0, 0.05) is 42.8 Å². The van der Waals surface area contributed by atoms with E-state index in [-0.39, 0.29) is 22.8 Å². The standard InChI is InChI=1S/C18H12FN5O4S/c19-12-5-10-14(25)11(17(26)27)8-24(18-20-2-4-29-18)15(10)21-16(12)23-6-9(7-23)13-1-3-28-22-13/h1-5,8-9H,6-7H2,(H,26,27). The highest BCUT2D eigenvalue weighted by Crippen LogP contribution is 2.32. The predicted molar refractivity (Wildman–Crippen MR) is 101 cm³/mol. The number of aromatic carboxylic acids is 1. The summed E-state index contributed by atoms with van der Waals surface area (Å²) in [6.45, 7) is 0.993. The zero-order valence-electron chi connectivity index (χ0n) is 14.6. The Balaban J connectivity index is 1.64. The molecule has 0 radical (unpaired) electrons. The van der Waals surface area contributed by atoms with Crippen molar-refractivity contribution in [3.63, 3.8) is 0 Å². The van der Waals surface area contributed by atoms with Crippen molar-refractivity contribution in [2.75, 3.05) is 18.0 Å². The van der Waals surface area contributed by atoms with Gasteiger partial charge in [-0.05, 0) is 6.07 Å². The third kappa shape index (κ3) is 2.78. The lowest BCUT2D eigenvalue weighted by atomic mass is 9.96.